The van der Waals surface area contributed by atoms with Crippen LogP contribution in [0.15, 0.2) is 80.6 Å². The highest BCUT2D eigenvalue weighted by molar-refractivity contribution is 9.10. The number of benzene rings is 2. The van der Waals surface area contributed by atoms with Crippen molar-refractivity contribution in [1.29, 1.82) is 0 Å². The second kappa shape index (κ2) is 8.29. The Morgan fingerprint density at radius 3 is 2.65 bits per heavy atom. The Hall–Kier alpha value is -2.44. The molecule has 3 aromatic rings. The van der Waals surface area contributed by atoms with Crippen LogP contribution >= 0.6 is 27.3 Å². The first-order valence-corrected chi connectivity index (χ1v) is 9.65. The molecule has 1 heterocycles. The Morgan fingerprint density at radius 2 is 1.96 bits per heavy atom. The molecule has 26 heavy (non-hydrogen) atoms. The standard InChI is InChI=1S/C20H18BrN3OS/c1-14(2)11-22-20-24(23-12-15-7-9-16(25)10-8-15)19(13-26-20)17-5-3-4-6-18(17)21/h3-10,12-13,25H,1,11H2,2H3. The average Bonchev–Trinajstić information content (AvgIpc) is 3.02. The van der Waals surface area contributed by atoms with Crippen molar-refractivity contribution in [2.45, 2.75) is 6.92 Å². The lowest BCUT2D eigenvalue weighted by Gasteiger charge is -2.05. The van der Waals surface area contributed by atoms with Crippen LogP contribution in [0.5, 0.6) is 5.75 Å². The first-order valence-electron chi connectivity index (χ1n) is 7.98. The number of aromatic nitrogens is 1. The molecule has 0 aliphatic carbocycles. The van der Waals surface area contributed by atoms with E-state index in [1.54, 1.807) is 18.3 Å². The van der Waals surface area contributed by atoms with Crippen LogP contribution in [-0.2, 0) is 0 Å². The maximum absolute atomic E-state index is 9.42. The van der Waals surface area contributed by atoms with Gasteiger partial charge in [-0.25, -0.2) is 4.68 Å². The Balaban J connectivity index is 2.09. The zero-order valence-corrected chi connectivity index (χ0v) is 16.7. The predicted molar refractivity (Wildman–Crippen MR) is 112 cm³/mol. The molecule has 0 saturated heterocycles. The summed E-state index contributed by atoms with van der Waals surface area (Å²) in [7, 11) is 0. The fourth-order valence-corrected chi connectivity index (χ4v) is 3.58. The smallest absolute Gasteiger partial charge is 0.206 e. The van der Waals surface area contributed by atoms with E-state index in [1.165, 1.54) is 11.3 Å². The second-order valence-electron chi connectivity index (χ2n) is 5.80. The predicted octanol–water partition coefficient (Wildman–Crippen LogP) is 5.04. The molecule has 0 aliphatic rings. The topological polar surface area (TPSA) is 49.9 Å². The number of nitrogens with zero attached hydrogens (tertiary/aromatic N) is 3. The van der Waals surface area contributed by atoms with Crippen molar-refractivity contribution >= 4 is 33.5 Å². The van der Waals surface area contributed by atoms with Crippen molar-refractivity contribution in [2.75, 3.05) is 6.54 Å². The van der Waals surface area contributed by atoms with Gasteiger partial charge < -0.3 is 5.11 Å². The van der Waals surface area contributed by atoms with E-state index in [0.29, 0.717) is 6.54 Å². The van der Waals surface area contributed by atoms with Crippen LogP contribution in [0.2, 0.25) is 0 Å². The van der Waals surface area contributed by atoms with Gasteiger partial charge in [-0.05, 0) is 42.8 Å². The van der Waals surface area contributed by atoms with E-state index in [0.717, 1.165) is 31.7 Å². The number of phenolic OH excluding ortho intramolecular Hbond substituents is 1. The molecule has 132 valence electrons. The average molecular weight is 428 g/mol. The minimum atomic E-state index is 0.233. The monoisotopic (exact) mass is 427 g/mol. The Labute approximate surface area is 164 Å². The fraction of sp³-hybridized carbons (Fsp3) is 0.100. The second-order valence-corrected chi connectivity index (χ2v) is 7.50. The molecule has 0 spiro atoms. The van der Waals surface area contributed by atoms with Crippen LogP contribution in [0.3, 0.4) is 0 Å². The number of halogens is 1. The van der Waals surface area contributed by atoms with E-state index < -0.39 is 0 Å². The Morgan fingerprint density at radius 1 is 1.23 bits per heavy atom. The van der Waals surface area contributed by atoms with E-state index in [4.69, 9.17) is 0 Å². The first-order chi connectivity index (χ1) is 12.5. The van der Waals surface area contributed by atoms with Gasteiger partial charge in [0.1, 0.15) is 5.75 Å². The third kappa shape index (κ3) is 4.39. The van der Waals surface area contributed by atoms with Gasteiger partial charge in [-0.15, -0.1) is 11.3 Å². The molecule has 0 amide bonds. The highest BCUT2D eigenvalue weighted by Crippen LogP contribution is 2.28. The largest absolute Gasteiger partial charge is 0.508 e. The van der Waals surface area contributed by atoms with Crippen LogP contribution < -0.4 is 4.80 Å². The van der Waals surface area contributed by atoms with Crippen LogP contribution in [-0.4, -0.2) is 22.5 Å². The van der Waals surface area contributed by atoms with Gasteiger partial charge in [0, 0.05) is 15.4 Å². The molecule has 1 aromatic heterocycles. The van der Waals surface area contributed by atoms with Gasteiger partial charge in [0.25, 0.3) is 0 Å². The number of hydrogen-bond donors (Lipinski definition) is 1. The number of aromatic hydroxyl groups is 1. The van der Waals surface area contributed by atoms with Crippen molar-refractivity contribution < 1.29 is 5.11 Å². The molecule has 4 nitrogen and oxygen atoms in total. The summed E-state index contributed by atoms with van der Waals surface area (Å²) in [6, 6.07) is 14.9. The van der Waals surface area contributed by atoms with Crippen molar-refractivity contribution in [3.05, 3.63) is 80.9 Å². The van der Waals surface area contributed by atoms with Crippen molar-refractivity contribution in [1.82, 2.24) is 4.68 Å². The van der Waals surface area contributed by atoms with Crippen LogP contribution in [0, 0.1) is 0 Å². The van der Waals surface area contributed by atoms with Crippen molar-refractivity contribution in [2.24, 2.45) is 10.1 Å². The SMILES string of the molecule is C=C(C)CN=c1scc(-c2ccccc2Br)n1N=Cc1ccc(O)cc1. The van der Waals surface area contributed by atoms with Gasteiger partial charge in [-0.2, -0.15) is 5.10 Å². The molecule has 6 heteroatoms. The van der Waals surface area contributed by atoms with E-state index in [1.807, 2.05) is 53.4 Å². The molecule has 3 rings (SSSR count). The molecule has 0 aliphatic heterocycles. The lowest BCUT2D eigenvalue weighted by atomic mass is 10.2. The lowest BCUT2D eigenvalue weighted by Crippen LogP contribution is -2.13. The third-order valence-corrected chi connectivity index (χ3v) is 5.08. The molecule has 0 bridgehead atoms. The zero-order chi connectivity index (χ0) is 18.5. The normalized spacial score (nSPS) is 12.0. The molecule has 0 fully saturated rings. The van der Waals surface area contributed by atoms with Gasteiger partial charge in [0.15, 0.2) is 0 Å². The van der Waals surface area contributed by atoms with E-state index >= 15 is 0 Å². The first kappa shape index (κ1) is 18.4. The van der Waals surface area contributed by atoms with Gasteiger partial charge in [0.05, 0.1) is 18.5 Å². The summed E-state index contributed by atoms with van der Waals surface area (Å²) >= 11 is 5.15. The summed E-state index contributed by atoms with van der Waals surface area (Å²) in [4.78, 5) is 5.42. The van der Waals surface area contributed by atoms with Gasteiger partial charge in [0.2, 0.25) is 4.80 Å². The van der Waals surface area contributed by atoms with Crippen LogP contribution in [0.25, 0.3) is 11.3 Å². The summed E-state index contributed by atoms with van der Waals surface area (Å²) < 4.78 is 2.83. The van der Waals surface area contributed by atoms with E-state index in [2.05, 4.69) is 32.6 Å². The molecule has 1 N–H and O–H groups in total. The third-order valence-electron chi connectivity index (χ3n) is 3.53. The number of hydrogen-bond acceptors (Lipinski definition) is 4. The van der Waals surface area contributed by atoms with Gasteiger partial charge in [-0.3, -0.25) is 4.99 Å². The molecule has 0 saturated carbocycles. The maximum atomic E-state index is 9.42. The highest BCUT2D eigenvalue weighted by Gasteiger charge is 2.10. The number of thiazole rings is 1. The molecular formula is C20H18BrN3OS. The van der Waals surface area contributed by atoms with E-state index in [9.17, 15) is 5.11 Å². The summed E-state index contributed by atoms with van der Waals surface area (Å²) in [6.45, 7) is 6.43. The number of rotatable bonds is 5. The molecule has 0 radical (unpaired) electrons. The van der Waals surface area contributed by atoms with Gasteiger partial charge in [-0.1, -0.05) is 46.3 Å². The molecule has 0 unspecified atom stereocenters. The summed E-state index contributed by atoms with van der Waals surface area (Å²) in [5.74, 6) is 0.233. The minimum absolute atomic E-state index is 0.233. The molecular weight excluding hydrogens is 410 g/mol. The highest BCUT2D eigenvalue weighted by atomic mass is 79.9. The minimum Gasteiger partial charge on any atom is -0.508 e. The Bertz CT molecular complexity index is 1020. The van der Waals surface area contributed by atoms with E-state index in [-0.39, 0.29) is 5.75 Å². The fourth-order valence-electron chi connectivity index (χ4n) is 2.26. The summed E-state index contributed by atoms with van der Waals surface area (Å²) in [5, 5.41) is 16.1. The summed E-state index contributed by atoms with van der Waals surface area (Å²) in [5.41, 5.74) is 3.89. The maximum Gasteiger partial charge on any atom is 0.206 e. The molecule has 2 aromatic carbocycles. The van der Waals surface area contributed by atoms with Gasteiger partial charge >= 0.3 is 0 Å². The Kier molecular flexibility index (Phi) is 5.85. The number of phenols is 1. The van der Waals surface area contributed by atoms with Crippen molar-refractivity contribution in [3.8, 4) is 17.0 Å². The zero-order valence-electron chi connectivity index (χ0n) is 14.3. The summed E-state index contributed by atoms with van der Waals surface area (Å²) in [6.07, 6.45) is 1.76. The van der Waals surface area contributed by atoms with Crippen molar-refractivity contribution in [3.63, 3.8) is 0 Å². The molecule has 0 atom stereocenters. The lowest BCUT2D eigenvalue weighted by molar-refractivity contribution is 0.475. The quantitative estimate of drug-likeness (QED) is 0.449. The van der Waals surface area contributed by atoms with Crippen LogP contribution in [0.4, 0.5) is 0 Å². The van der Waals surface area contributed by atoms with Crippen LogP contribution in [0.1, 0.15) is 12.5 Å².